The normalized spacial score (nSPS) is 11.0. The summed E-state index contributed by atoms with van der Waals surface area (Å²) in [5.41, 5.74) is 19.1. The fraction of sp³-hybridized carbons (Fsp3) is 0.114. The maximum Gasteiger partial charge on any atom is 0.0892 e. The van der Waals surface area contributed by atoms with Gasteiger partial charge in [0.05, 0.1) is 34.2 Å². The van der Waals surface area contributed by atoms with Crippen LogP contribution in [0.2, 0.25) is 0 Å². The summed E-state index contributed by atoms with van der Waals surface area (Å²) in [6.07, 6.45) is 27.8. The molecule has 0 aliphatic carbocycles. The molecule has 0 bridgehead atoms. The second kappa shape index (κ2) is 30.8. The number of nitrogens with zero attached hydrogens (tertiary/aromatic N) is 9. The van der Waals surface area contributed by atoms with Crippen molar-refractivity contribution in [1.82, 2.24) is 35.2 Å². The van der Waals surface area contributed by atoms with Crippen LogP contribution in [0, 0.1) is 0 Å². The molecule has 10 rings (SSSR count). The fourth-order valence-corrected chi connectivity index (χ4v) is 8.16. The van der Waals surface area contributed by atoms with Crippen molar-refractivity contribution in [1.29, 1.82) is 0 Å². The van der Waals surface area contributed by atoms with Gasteiger partial charge in [-0.05, 0) is 166 Å². The Kier molecular flexibility index (Phi) is 22.6. The van der Waals surface area contributed by atoms with Gasteiger partial charge in [0.15, 0.2) is 0 Å². The summed E-state index contributed by atoms with van der Waals surface area (Å²) in [7, 11) is 14.2. The van der Waals surface area contributed by atoms with Gasteiger partial charge in [-0.15, -0.1) is 0 Å². The number of benzene rings is 4. The van der Waals surface area contributed by atoms with Crippen molar-refractivity contribution in [3.63, 3.8) is 0 Å². The van der Waals surface area contributed by atoms with Crippen molar-refractivity contribution >= 4 is 65.7 Å². The summed E-state index contributed by atoms with van der Waals surface area (Å²) in [5, 5.41) is 3.17. The zero-order valence-corrected chi connectivity index (χ0v) is 48.7. The maximum absolute atomic E-state index is 4.55. The van der Waals surface area contributed by atoms with Crippen LogP contribution >= 0.6 is 0 Å². The SMILES string of the molecule is CN(C)c1ccc(/C=C/c2ccnc(-c3cc(/C=C/c4ccc(N(C)C)cc4)ccn3)c2)cc1.CNCc1ccc(/C=C/c2ccnc(-c3cc(/C=C/c4ccc(N(C)C)cc4)ccn3)c2)cc1.[Ru].c1ccc(-c2ccccn2)nc1. The van der Waals surface area contributed by atoms with E-state index >= 15 is 0 Å². The molecule has 0 saturated carbocycles. The largest absolute Gasteiger partial charge is 0.378 e. The number of pyridine rings is 6. The number of hydrogen-bond acceptors (Lipinski definition) is 10. The van der Waals surface area contributed by atoms with Gasteiger partial charge in [-0.2, -0.15) is 0 Å². The van der Waals surface area contributed by atoms with Crippen molar-refractivity contribution < 1.29 is 19.5 Å². The van der Waals surface area contributed by atoms with Gasteiger partial charge in [-0.3, -0.25) is 29.9 Å². The Morgan fingerprint density at radius 2 is 0.556 bits per heavy atom. The molecule has 406 valence electrons. The van der Waals surface area contributed by atoms with Crippen molar-refractivity contribution in [3.05, 3.63) is 269 Å². The van der Waals surface area contributed by atoms with Gasteiger partial charge < -0.3 is 20.0 Å². The van der Waals surface area contributed by atoms with Crippen LogP contribution in [0.5, 0.6) is 0 Å². The van der Waals surface area contributed by atoms with Crippen LogP contribution in [0.15, 0.2) is 219 Å². The first kappa shape index (κ1) is 59.4. The molecule has 6 aromatic heterocycles. The smallest absolute Gasteiger partial charge is 0.0892 e. The Balaban J connectivity index is 0.000000192. The van der Waals surface area contributed by atoms with Crippen LogP contribution in [0.1, 0.15) is 50.1 Å². The number of rotatable bonds is 16. The summed E-state index contributed by atoms with van der Waals surface area (Å²) >= 11 is 0. The average molecular weight is 1150 g/mol. The summed E-state index contributed by atoms with van der Waals surface area (Å²) < 4.78 is 0. The van der Waals surface area contributed by atoms with Crippen LogP contribution in [-0.2, 0) is 26.0 Å². The van der Waals surface area contributed by atoms with Gasteiger partial charge in [0.1, 0.15) is 0 Å². The van der Waals surface area contributed by atoms with Crippen LogP contribution < -0.4 is 20.0 Å². The van der Waals surface area contributed by atoms with Gasteiger partial charge in [-0.25, -0.2) is 0 Å². The van der Waals surface area contributed by atoms with E-state index in [4.69, 9.17) is 0 Å². The van der Waals surface area contributed by atoms with Crippen molar-refractivity contribution in [2.75, 3.05) is 64.0 Å². The molecule has 11 heteroatoms. The van der Waals surface area contributed by atoms with Gasteiger partial charge in [0, 0.05) is 123 Å². The number of aromatic nitrogens is 6. The van der Waals surface area contributed by atoms with Crippen molar-refractivity contribution in [2.24, 2.45) is 0 Å². The second-order valence-corrected chi connectivity index (χ2v) is 19.4. The molecule has 0 aliphatic rings. The molecule has 6 heterocycles. The van der Waals surface area contributed by atoms with Gasteiger partial charge in [-0.1, -0.05) is 121 Å². The standard InChI is InChI=1S/2C30H30N4.C10H8N2.Ru/c1-31-22-27-10-6-23(7-11-27)4-8-25-16-18-32-29(20-25)30-21-26(17-19-33-30)9-5-24-12-14-28(15-13-24)34(2)3;1-33(2)27-13-9-23(10-14-27)5-7-25-17-19-31-29(21-25)30-22-26(18-20-32-30)8-6-24-11-15-28(16-12-24)34(3)4;1-3-7-11-9(5-1)10-6-2-4-8-12-10;/h4-21,31H,22H2,1-3H3;5-22H,1-4H3;1-8H;/b8-4+,9-5+;7-5+,8-6+;;. The topological polar surface area (TPSA) is 99.1 Å². The van der Waals surface area contributed by atoms with Gasteiger partial charge >= 0.3 is 0 Å². The predicted molar refractivity (Wildman–Crippen MR) is 340 cm³/mol. The van der Waals surface area contributed by atoms with E-state index in [-0.39, 0.29) is 19.5 Å². The van der Waals surface area contributed by atoms with Gasteiger partial charge in [0.25, 0.3) is 0 Å². The van der Waals surface area contributed by atoms with E-state index < -0.39 is 0 Å². The summed E-state index contributed by atoms with van der Waals surface area (Å²) in [5.74, 6) is 0. The molecular weight excluding hydrogens is 1080 g/mol. The Bertz CT molecular complexity index is 3480. The van der Waals surface area contributed by atoms with Crippen molar-refractivity contribution in [2.45, 2.75) is 6.54 Å². The van der Waals surface area contributed by atoms with Crippen LogP contribution in [-0.4, -0.2) is 79.2 Å². The Labute approximate surface area is 491 Å². The van der Waals surface area contributed by atoms with E-state index in [2.05, 4.69) is 220 Å². The second-order valence-electron chi connectivity index (χ2n) is 19.4. The molecule has 0 fully saturated rings. The molecule has 10 aromatic rings. The average Bonchev–Trinajstić information content (AvgIpc) is 3.51. The molecule has 81 heavy (non-hydrogen) atoms. The number of nitrogens with one attached hydrogen (secondary N) is 1. The van der Waals surface area contributed by atoms with Crippen molar-refractivity contribution in [3.8, 4) is 34.2 Å². The quantitative estimate of drug-likeness (QED) is 0.0942. The minimum absolute atomic E-state index is 0. The summed E-state index contributed by atoms with van der Waals surface area (Å²) in [6.45, 7) is 0.877. The molecule has 0 saturated heterocycles. The van der Waals surface area contributed by atoms with E-state index in [1.54, 1.807) is 12.4 Å². The maximum atomic E-state index is 4.55. The van der Waals surface area contributed by atoms with E-state index in [0.717, 1.165) is 79.7 Å². The van der Waals surface area contributed by atoms with E-state index in [1.165, 1.54) is 28.2 Å². The molecule has 1 N–H and O–H groups in total. The van der Waals surface area contributed by atoms with Gasteiger partial charge in [0.2, 0.25) is 0 Å². The Hall–Kier alpha value is -9.28. The summed E-state index contributed by atoms with van der Waals surface area (Å²) in [6, 6.07) is 62.0. The number of hydrogen-bond donors (Lipinski definition) is 1. The van der Waals surface area contributed by atoms with E-state index in [0.29, 0.717) is 0 Å². The zero-order chi connectivity index (χ0) is 55.9. The number of anilines is 3. The third kappa shape index (κ3) is 18.7. The molecule has 0 radical (unpaired) electrons. The molecule has 0 aliphatic heterocycles. The molecular formula is C70H68N10Ru. The molecule has 0 spiro atoms. The third-order valence-corrected chi connectivity index (χ3v) is 12.7. The van der Waals surface area contributed by atoms with E-state index in [1.807, 2.05) is 135 Å². The Morgan fingerprint density at radius 3 is 0.802 bits per heavy atom. The third-order valence-electron chi connectivity index (χ3n) is 12.7. The first-order chi connectivity index (χ1) is 39.0. The summed E-state index contributed by atoms with van der Waals surface area (Å²) in [4.78, 5) is 32.9. The predicted octanol–water partition coefficient (Wildman–Crippen LogP) is 15.0. The molecule has 0 atom stereocenters. The molecule has 0 unspecified atom stereocenters. The first-order valence-electron chi connectivity index (χ1n) is 26.5. The Morgan fingerprint density at radius 1 is 0.296 bits per heavy atom. The molecule has 4 aromatic carbocycles. The first-order valence-corrected chi connectivity index (χ1v) is 26.5. The van der Waals surface area contributed by atoms with Crippen LogP contribution in [0.3, 0.4) is 0 Å². The van der Waals surface area contributed by atoms with Crippen LogP contribution in [0.4, 0.5) is 17.1 Å². The van der Waals surface area contributed by atoms with Crippen LogP contribution in [0.25, 0.3) is 82.8 Å². The fourth-order valence-electron chi connectivity index (χ4n) is 8.16. The monoisotopic (exact) mass is 1150 g/mol. The molecule has 10 nitrogen and oxygen atoms in total. The molecule has 0 amide bonds. The zero-order valence-electron chi connectivity index (χ0n) is 47.0. The minimum atomic E-state index is 0. The van der Waals surface area contributed by atoms with E-state index in [9.17, 15) is 0 Å². The minimum Gasteiger partial charge on any atom is -0.378 e.